The quantitative estimate of drug-likeness (QED) is 0.892. The number of carbonyl (C=O) groups is 1. The zero-order chi connectivity index (χ0) is 14.6. The van der Waals surface area contributed by atoms with Gasteiger partial charge < -0.3 is 11.1 Å². The smallest absolute Gasteiger partial charge is 0.222 e. The summed E-state index contributed by atoms with van der Waals surface area (Å²) in [6, 6.07) is 3.61. The summed E-state index contributed by atoms with van der Waals surface area (Å²) in [7, 11) is 0. The molecule has 0 unspecified atom stereocenters. The van der Waals surface area contributed by atoms with Crippen LogP contribution in [0.5, 0.6) is 0 Å². The van der Waals surface area contributed by atoms with Gasteiger partial charge in [-0.1, -0.05) is 25.3 Å². The third-order valence-electron chi connectivity index (χ3n) is 3.84. The molecule has 3 nitrogen and oxygen atoms in total. The SMILES string of the molecule is NC1(CC(=O)NCc2ccc(F)c(F)c2)CCCCC1. The summed E-state index contributed by atoms with van der Waals surface area (Å²) in [4.78, 5) is 11.9. The van der Waals surface area contributed by atoms with E-state index in [1.54, 1.807) is 0 Å². The molecular weight excluding hydrogens is 262 g/mol. The molecule has 0 radical (unpaired) electrons. The molecule has 1 aliphatic rings. The minimum absolute atomic E-state index is 0.140. The number of nitrogens with one attached hydrogen (secondary N) is 1. The van der Waals surface area contributed by atoms with Crippen molar-refractivity contribution >= 4 is 5.91 Å². The third-order valence-corrected chi connectivity index (χ3v) is 3.84. The molecule has 1 aliphatic carbocycles. The van der Waals surface area contributed by atoms with Crippen molar-refractivity contribution in [1.29, 1.82) is 0 Å². The molecule has 0 bridgehead atoms. The Labute approximate surface area is 117 Å². The van der Waals surface area contributed by atoms with Crippen LogP contribution in [0.25, 0.3) is 0 Å². The molecule has 0 aromatic heterocycles. The summed E-state index contributed by atoms with van der Waals surface area (Å²) >= 11 is 0. The Morgan fingerprint density at radius 2 is 1.90 bits per heavy atom. The fraction of sp³-hybridized carbons (Fsp3) is 0.533. The van der Waals surface area contributed by atoms with Crippen LogP contribution >= 0.6 is 0 Å². The number of carbonyl (C=O) groups excluding carboxylic acids is 1. The lowest BCUT2D eigenvalue weighted by Gasteiger charge is -2.32. The normalized spacial score (nSPS) is 17.8. The fourth-order valence-corrected chi connectivity index (χ4v) is 2.67. The van der Waals surface area contributed by atoms with E-state index in [4.69, 9.17) is 5.73 Å². The number of rotatable bonds is 4. The Kier molecular flexibility index (Phi) is 4.70. The molecule has 1 amide bonds. The van der Waals surface area contributed by atoms with E-state index in [-0.39, 0.29) is 18.9 Å². The lowest BCUT2D eigenvalue weighted by molar-refractivity contribution is -0.122. The number of nitrogens with two attached hydrogens (primary N) is 1. The molecule has 1 saturated carbocycles. The van der Waals surface area contributed by atoms with Crippen LogP contribution in [0.2, 0.25) is 0 Å². The summed E-state index contributed by atoms with van der Waals surface area (Å²) in [5.74, 6) is -1.93. The molecule has 0 spiro atoms. The van der Waals surface area contributed by atoms with Crippen molar-refractivity contribution in [3.63, 3.8) is 0 Å². The molecule has 0 heterocycles. The van der Waals surface area contributed by atoms with Crippen molar-refractivity contribution in [2.75, 3.05) is 0 Å². The maximum absolute atomic E-state index is 13.0. The van der Waals surface area contributed by atoms with Crippen LogP contribution in [0.4, 0.5) is 8.78 Å². The van der Waals surface area contributed by atoms with Gasteiger partial charge in [0.25, 0.3) is 0 Å². The summed E-state index contributed by atoms with van der Waals surface area (Å²) in [6.07, 6.45) is 5.32. The average molecular weight is 282 g/mol. The van der Waals surface area contributed by atoms with Crippen LogP contribution in [0.3, 0.4) is 0 Å². The molecule has 2 rings (SSSR count). The number of hydrogen-bond acceptors (Lipinski definition) is 2. The van der Waals surface area contributed by atoms with Crippen LogP contribution in [0, 0.1) is 11.6 Å². The monoisotopic (exact) mass is 282 g/mol. The predicted octanol–water partition coefficient (Wildman–Crippen LogP) is 2.63. The van der Waals surface area contributed by atoms with Crippen LogP contribution in [0.15, 0.2) is 18.2 Å². The fourth-order valence-electron chi connectivity index (χ4n) is 2.67. The summed E-state index contributed by atoms with van der Waals surface area (Å²) in [6.45, 7) is 0.187. The number of amides is 1. The van der Waals surface area contributed by atoms with E-state index in [9.17, 15) is 13.6 Å². The average Bonchev–Trinajstić information content (AvgIpc) is 2.40. The van der Waals surface area contributed by atoms with Gasteiger partial charge in [0.1, 0.15) is 0 Å². The highest BCUT2D eigenvalue weighted by atomic mass is 19.2. The lowest BCUT2D eigenvalue weighted by atomic mass is 9.80. The molecule has 1 aromatic rings. The lowest BCUT2D eigenvalue weighted by Crippen LogP contribution is -2.45. The van der Waals surface area contributed by atoms with E-state index in [1.807, 2.05) is 0 Å². The predicted molar refractivity (Wildman–Crippen MR) is 72.8 cm³/mol. The van der Waals surface area contributed by atoms with E-state index in [0.717, 1.165) is 37.8 Å². The molecule has 0 atom stereocenters. The molecule has 1 fully saturated rings. The highest BCUT2D eigenvalue weighted by Gasteiger charge is 2.29. The van der Waals surface area contributed by atoms with Gasteiger partial charge in [-0.3, -0.25) is 4.79 Å². The second-order valence-electron chi connectivity index (χ2n) is 5.63. The van der Waals surface area contributed by atoms with Crippen molar-refractivity contribution in [2.45, 2.75) is 50.6 Å². The second-order valence-corrected chi connectivity index (χ2v) is 5.63. The number of hydrogen-bond donors (Lipinski definition) is 2. The Hall–Kier alpha value is -1.49. The van der Waals surface area contributed by atoms with E-state index in [0.29, 0.717) is 5.56 Å². The molecule has 5 heteroatoms. The van der Waals surface area contributed by atoms with E-state index >= 15 is 0 Å². The first-order chi connectivity index (χ1) is 9.48. The first kappa shape index (κ1) is 14.9. The Balaban J connectivity index is 1.84. The van der Waals surface area contributed by atoms with Crippen LogP contribution in [-0.4, -0.2) is 11.4 Å². The maximum atomic E-state index is 13.0. The van der Waals surface area contributed by atoms with Gasteiger partial charge in [-0.2, -0.15) is 0 Å². The molecule has 0 aliphatic heterocycles. The van der Waals surface area contributed by atoms with Crippen molar-refractivity contribution in [3.8, 4) is 0 Å². The minimum atomic E-state index is -0.903. The molecule has 20 heavy (non-hydrogen) atoms. The highest BCUT2D eigenvalue weighted by molar-refractivity contribution is 5.77. The standard InChI is InChI=1S/C15H20F2N2O/c16-12-5-4-11(8-13(12)17)10-19-14(20)9-15(18)6-2-1-3-7-15/h4-5,8H,1-3,6-7,9-10,18H2,(H,19,20). The number of benzene rings is 1. The van der Waals surface area contributed by atoms with Gasteiger partial charge >= 0.3 is 0 Å². The van der Waals surface area contributed by atoms with E-state index in [1.165, 1.54) is 12.5 Å². The van der Waals surface area contributed by atoms with Crippen molar-refractivity contribution in [2.24, 2.45) is 5.73 Å². The third kappa shape index (κ3) is 4.00. The van der Waals surface area contributed by atoms with Gasteiger partial charge in [0.2, 0.25) is 5.91 Å². The highest BCUT2D eigenvalue weighted by Crippen LogP contribution is 2.28. The Morgan fingerprint density at radius 3 is 2.55 bits per heavy atom. The van der Waals surface area contributed by atoms with Gasteiger partial charge in [0.15, 0.2) is 11.6 Å². The summed E-state index contributed by atoms with van der Waals surface area (Å²) in [5.41, 5.74) is 6.33. The van der Waals surface area contributed by atoms with Crippen LogP contribution in [-0.2, 0) is 11.3 Å². The molecular formula is C15H20F2N2O. The van der Waals surface area contributed by atoms with Gasteiger partial charge in [-0.05, 0) is 30.5 Å². The van der Waals surface area contributed by atoms with Gasteiger partial charge in [0, 0.05) is 18.5 Å². The number of halogens is 2. The van der Waals surface area contributed by atoms with E-state index < -0.39 is 17.2 Å². The largest absolute Gasteiger partial charge is 0.352 e. The minimum Gasteiger partial charge on any atom is -0.352 e. The first-order valence-corrected chi connectivity index (χ1v) is 6.98. The van der Waals surface area contributed by atoms with Gasteiger partial charge in [-0.25, -0.2) is 8.78 Å². The maximum Gasteiger partial charge on any atom is 0.222 e. The van der Waals surface area contributed by atoms with Crippen LogP contribution in [0.1, 0.15) is 44.1 Å². The molecule has 110 valence electrons. The second kappa shape index (κ2) is 6.31. The first-order valence-electron chi connectivity index (χ1n) is 6.98. The van der Waals surface area contributed by atoms with Gasteiger partial charge in [-0.15, -0.1) is 0 Å². The molecule has 0 saturated heterocycles. The summed E-state index contributed by atoms with van der Waals surface area (Å²) < 4.78 is 25.8. The van der Waals surface area contributed by atoms with Crippen molar-refractivity contribution in [3.05, 3.63) is 35.4 Å². The van der Waals surface area contributed by atoms with E-state index in [2.05, 4.69) is 5.32 Å². The molecule has 3 N–H and O–H groups in total. The Bertz CT molecular complexity index is 485. The summed E-state index contributed by atoms with van der Waals surface area (Å²) in [5, 5.41) is 2.71. The van der Waals surface area contributed by atoms with Gasteiger partial charge in [0.05, 0.1) is 0 Å². The zero-order valence-corrected chi connectivity index (χ0v) is 11.4. The zero-order valence-electron chi connectivity index (χ0n) is 11.4. The Morgan fingerprint density at radius 1 is 1.20 bits per heavy atom. The van der Waals surface area contributed by atoms with Crippen molar-refractivity contribution < 1.29 is 13.6 Å². The topological polar surface area (TPSA) is 55.1 Å². The molecule has 1 aromatic carbocycles. The van der Waals surface area contributed by atoms with Crippen molar-refractivity contribution in [1.82, 2.24) is 5.32 Å². The van der Waals surface area contributed by atoms with Crippen LogP contribution < -0.4 is 11.1 Å².